The molecular formula is C15H31P. The van der Waals surface area contributed by atoms with E-state index in [2.05, 4.69) is 26.5 Å². The second-order valence-corrected chi connectivity index (χ2v) is 7.37. The summed E-state index contributed by atoms with van der Waals surface area (Å²) in [7, 11) is 0.357. The molecule has 0 nitrogen and oxygen atoms in total. The number of allylic oxidation sites excluding steroid dienone is 1. The van der Waals surface area contributed by atoms with Crippen molar-refractivity contribution in [1.29, 1.82) is 0 Å². The molecule has 0 aromatic rings. The van der Waals surface area contributed by atoms with Crippen molar-refractivity contribution in [2.24, 2.45) is 0 Å². The van der Waals surface area contributed by atoms with Crippen LogP contribution in [0.25, 0.3) is 0 Å². The summed E-state index contributed by atoms with van der Waals surface area (Å²) < 4.78 is 0. The highest BCUT2D eigenvalue weighted by molar-refractivity contribution is 7.57. The summed E-state index contributed by atoms with van der Waals surface area (Å²) in [4.78, 5) is 0. The standard InChI is InChI=1S/C15H31P/c1-4-7-10-13-16(14-11-8-5-2)15-12-9-6-3/h4H,1,5-15H2,2-3H3. The van der Waals surface area contributed by atoms with Gasteiger partial charge in [0.05, 0.1) is 0 Å². The summed E-state index contributed by atoms with van der Waals surface area (Å²) in [5.74, 6) is 0. The van der Waals surface area contributed by atoms with Crippen LogP contribution in [0.3, 0.4) is 0 Å². The molecule has 16 heavy (non-hydrogen) atoms. The van der Waals surface area contributed by atoms with Crippen LogP contribution >= 0.6 is 7.92 Å². The molecular weight excluding hydrogens is 211 g/mol. The fraction of sp³-hybridized carbons (Fsp3) is 0.867. The summed E-state index contributed by atoms with van der Waals surface area (Å²) >= 11 is 0. The van der Waals surface area contributed by atoms with Gasteiger partial charge in [-0.1, -0.05) is 45.6 Å². The topological polar surface area (TPSA) is 0 Å². The molecule has 0 aliphatic rings. The third-order valence-electron chi connectivity index (χ3n) is 3.04. The van der Waals surface area contributed by atoms with Crippen molar-refractivity contribution in [3.8, 4) is 0 Å². The van der Waals surface area contributed by atoms with Crippen LogP contribution in [-0.4, -0.2) is 18.5 Å². The zero-order valence-electron chi connectivity index (χ0n) is 11.5. The minimum atomic E-state index is 0.357. The van der Waals surface area contributed by atoms with Crippen molar-refractivity contribution in [3.63, 3.8) is 0 Å². The molecule has 0 heterocycles. The maximum Gasteiger partial charge on any atom is -0.0323 e. The first-order valence-corrected chi connectivity index (χ1v) is 9.08. The first-order valence-electron chi connectivity index (χ1n) is 7.18. The molecule has 0 unspecified atom stereocenters. The lowest BCUT2D eigenvalue weighted by atomic mass is 10.3. The maximum atomic E-state index is 3.82. The molecule has 0 spiro atoms. The molecule has 1 heteroatoms. The Kier molecular flexibility index (Phi) is 13.4. The molecule has 0 aromatic heterocycles. The zero-order chi connectivity index (χ0) is 12.1. The second kappa shape index (κ2) is 13.2. The molecule has 0 aromatic carbocycles. The number of rotatable bonds is 12. The fourth-order valence-corrected chi connectivity index (χ4v) is 4.61. The summed E-state index contributed by atoms with van der Waals surface area (Å²) in [6, 6.07) is 0. The van der Waals surface area contributed by atoms with E-state index >= 15 is 0 Å². The Morgan fingerprint density at radius 1 is 0.812 bits per heavy atom. The average molecular weight is 242 g/mol. The number of hydrogen-bond acceptors (Lipinski definition) is 0. The van der Waals surface area contributed by atoms with E-state index in [0.29, 0.717) is 7.92 Å². The quantitative estimate of drug-likeness (QED) is 0.230. The van der Waals surface area contributed by atoms with E-state index in [0.717, 1.165) is 0 Å². The van der Waals surface area contributed by atoms with E-state index in [-0.39, 0.29) is 0 Å². The lowest BCUT2D eigenvalue weighted by Gasteiger charge is -2.17. The Morgan fingerprint density at radius 2 is 1.31 bits per heavy atom. The first-order chi connectivity index (χ1) is 7.85. The lowest BCUT2D eigenvalue weighted by molar-refractivity contribution is 0.759. The van der Waals surface area contributed by atoms with Crippen LogP contribution in [0.15, 0.2) is 12.7 Å². The predicted octanol–water partition coefficient (Wildman–Crippen LogP) is 5.81. The van der Waals surface area contributed by atoms with Crippen LogP contribution in [-0.2, 0) is 0 Å². The molecule has 0 fully saturated rings. The van der Waals surface area contributed by atoms with Crippen molar-refractivity contribution in [1.82, 2.24) is 0 Å². The van der Waals surface area contributed by atoms with Crippen LogP contribution in [0.1, 0.15) is 65.2 Å². The van der Waals surface area contributed by atoms with E-state index < -0.39 is 0 Å². The minimum absolute atomic E-state index is 0.357. The minimum Gasteiger partial charge on any atom is -0.107 e. The Morgan fingerprint density at radius 3 is 1.75 bits per heavy atom. The van der Waals surface area contributed by atoms with Gasteiger partial charge in [0.2, 0.25) is 0 Å². The molecule has 0 aliphatic carbocycles. The molecule has 0 N–H and O–H groups in total. The highest BCUT2D eigenvalue weighted by Gasteiger charge is 2.06. The Balaban J connectivity index is 3.62. The second-order valence-electron chi connectivity index (χ2n) is 4.69. The molecule has 0 aliphatic heterocycles. The van der Waals surface area contributed by atoms with Gasteiger partial charge in [-0.2, -0.15) is 0 Å². The monoisotopic (exact) mass is 242 g/mol. The van der Waals surface area contributed by atoms with Crippen molar-refractivity contribution in [2.45, 2.75) is 65.2 Å². The van der Waals surface area contributed by atoms with Crippen LogP contribution in [0.5, 0.6) is 0 Å². The van der Waals surface area contributed by atoms with Gasteiger partial charge in [0, 0.05) is 0 Å². The Labute approximate surface area is 105 Å². The van der Waals surface area contributed by atoms with Crippen LogP contribution in [0.4, 0.5) is 0 Å². The van der Waals surface area contributed by atoms with Gasteiger partial charge in [-0.3, -0.25) is 0 Å². The summed E-state index contributed by atoms with van der Waals surface area (Å²) in [5.41, 5.74) is 0. The summed E-state index contributed by atoms with van der Waals surface area (Å²) in [6.07, 6.45) is 17.8. The molecule has 0 rings (SSSR count). The van der Waals surface area contributed by atoms with Crippen LogP contribution in [0, 0.1) is 0 Å². The van der Waals surface area contributed by atoms with Gasteiger partial charge < -0.3 is 0 Å². The lowest BCUT2D eigenvalue weighted by Crippen LogP contribution is -1.96. The van der Waals surface area contributed by atoms with E-state index in [4.69, 9.17) is 0 Å². The fourth-order valence-electron chi connectivity index (χ4n) is 1.97. The predicted molar refractivity (Wildman–Crippen MR) is 80.0 cm³/mol. The molecule has 96 valence electrons. The van der Waals surface area contributed by atoms with E-state index in [9.17, 15) is 0 Å². The van der Waals surface area contributed by atoms with Crippen LogP contribution < -0.4 is 0 Å². The smallest absolute Gasteiger partial charge is 0.0323 e. The molecule has 0 amide bonds. The van der Waals surface area contributed by atoms with Crippen molar-refractivity contribution >= 4 is 7.92 Å². The Bertz CT molecular complexity index is 132. The molecule has 0 saturated heterocycles. The van der Waals surface area contributed by atoms with Crippen LogP contribution in [0.2, 0.25) is 0 Å². The third-order valence-corrected chi connectivity index (χ3v) is 5.88. The number of hydrogen-bond donors (Lipinski definition) is 0. The summed E-state index contributed by atoms with van der Waals surface area (Å²) in [5, 5.41) is 0. The van der Waals surface area contributed by atoms with Crippen molar-refractivity contribution < 1.29 is 0 Å². The van der Waals surface area contributed by atoms with Crippen molar-refractivity contribution in [3.05, 3.63) is 12.7 Å². The van der Waals surface area contributed by atoms with E-state index in [1.165, 1.54) is 69.9 Å². The molecule has 0 bridgehead atoms. The first kappa shape index (κ1) is 16.2. The maximum absolute atomic E-state index is 3.82. The highest BCUT2D eigenvalue weighted by Crippen LogP contribution is 2.39. The van der Waals surface area contributed by atoms with Crippen molar-refractivity contribution in [2.75, 3.05) is 18.5 Å². The molecule has 0 atom stereocenters. The summed E-state index contributed by atoms with van der Waals surface area (Å²) in [6.45, 7) is 8.42. The van der Waals surface area contributed by atoms with Gasteiger partial charge >= 0.3 is 0 Å². The largest absolute Gasteiger partial charge is 0.107 e. The molecule has 0 radical (unpaired) electrons. The normalized spacial score (nSPS) is 10.9. The zero-order valence-corrected chi connectivity index (χ0v) is 12.4. The van der Waals surface area contributed by atoms with E-state index in [1.54, 1.807) is 0 Å². The van der Waals surface area contributed by atoms with Gasteiger partial charge in [0.15, 0.2) is 0 Å². The molecule has 0 saturated carbocycles. The van der Waals surface area contributed by atoms with E-state index in [1.807, 2.05) is 0 Å². The van der Waals surface area contributed by atoms with Gasteiger partial charge in [-0.15, -0.1) is 14.5 Å². The van der Waals surface area contributed by atoms with Gasteiger partial charge in [-0.05, 0) is 44.2 Å². The van der Waals surface area contributed by atoms with Gasteiger partial charge in [-0.25, -0.2) is 0 Å². The SMILES string of the molecule is C=CCCCP(CCCCC)CCCCC. The number of unbranched alkanes of at least 4 members (excludes halogenated alkanes) is 5. The average Bonchev–Trinajstić information content (AvgIpc) is 2.29. The Hall–Kier alpha value is 0.170. The van der Waals surface area contributed by atoms with Gasteiger partial charge in [0.1, 0.15) is 0 Å². The highest BCUT2D eigenvalue weighted by atomic mass is 31.1. The third kappa shape index (κ3) is 10.7. The van der Waals surface area contributed by atoms with Gasteiger partial charge in [0.25, 0.3) is 0 Å².